The number of phosphoric ester groups is 1. The fraction of sp³-hybridized carbons (Fsp3) is 1.00. The van der Waals surface area contributed by atoms with Gasteiger partial charge in [-0.1, -0.05) is 0 Å². The Labute approximate surface area is 68.1 Å². The van der Waals surface area contributed by atoms with E-state index in [1.54, 1.807) is 0 Å². The van der Waals surface area contributed by atoms with Crippen LogP contribution in [0.5, 0.6) is 0 Å². The first-order chi connectivity index (χ1) is 5.02. The third kappa shape index (κ3) is 5.57. The summed E-state index contributed by atoms with van der Waals surface area (Å²) >= 11 is 4.54. The number of aliphatic hydroxyl groups is 2. The summed E-state index contributed by atoms with van der Waals surface area (Å²) in [6.07, 6.45) is -1.22. The van der Waals surface area contributed by atoms with Gasteiger partial charge in [0.15, 0.2) is 0 Å². The molecule has 0 aromatic heterocycles. The van der Waals surface area contributed by atoms with E-state index in [4.69, 9.17) is 15.1 Å². The molecule has 0 aromatic carbocycles. The maximum absolute atomic E-state index is 10.4. The minimum absolute atomic E-state index is 0.517. The molecule has 0 saturated heterocycles. The molecule has 0 aliphatic carbocycles. The molecule has 0 radical (unpaired) electrons. The van der Waals surface area contributed by atoms with Crippen LogP contribution in [0, 0.1) is 0 Å². The van der Waals surface area contributed by atoms with Gasteiger partial charge in [0.1, 0.15) is 6.10 Å². The molecule has 0 rings (SSSR count). The van der Waals surface area contributed by atoms with E-state index in [2.05, 4.69) is 20.5 Å². The van der Waals surface area contributed by atoms with Gasteiger partial charge in [-0.2, -0.15) is 4.08 Å². The number of hydrogen-bond acceptors (Lipinski definition) is 5. The van der Waals surface area contributed by atoms with E-state index in [1.165, 1.54) is 0 Å². The molecule has 2 unspecified atom stereocenters. The number of halogens is 1. The second kappa shape index (κ2) is 5.05. The van der Waals surface area contributed by atoms with Crippen LogP contribution in [-0.2, 0) is 13.2 Å². The van der Waals surface area contributed by atoms with Crippen molar-refractivity contribution < 1.29 is 28.3 Å². The molecule has 11 heavy (non-hydrogen) atoms. The molecule has 2 atom stereocenters. The number of aliphatic hydroxyl groups excluding tert-OH is 2. The van der Waals surface area contributed by atoms with Crippen LogP contribution in [0.15, 0.2) is 0 Å². The van der Waals surface area contributed by atoms with Crippen LogP contribution in [0.4, 0.5) is 0 Å². The first-order valence-electron chi connectivity index (χ1n) is 2.58. The zero-order valence-corrected chi connectivity index (χ0v) is 7.03. The van der Waals surface area contributed by atoms with E-state index < -0.39 is 27.1 Å². The van der Waals surface area contributed by atoms with Gasteiger partial charge >= 0.3 is 7.82 Å². The normalized spacial score (nSPS) is 19.3. The van der Waals surface area contributed by atoms with Crippen LogP contribution in [0.25, 0.3) is 0 Å². The van der Waals surface area contributed by atoms with Crippen LogP contribution in [0.3, 0.4) is 0 Å². The van der Waals surface area contributed by atoms with Gasteiger partial charge in [-0.05, 0) is 0 Å². The van der Waals surface area contributed by atoms with Gasteiger partial charge < -0.3 is 15.1 Å². The van der Waals surface area contributed by atoms with E-state index in [0.29, 0.717) is 0 Å². The molecule has 0 amide bonds. The van der Waals surface area contributed by atoms with Gasteiger partial charge in [-0.25, -0.2) is 4.57 Å². The lowest BCUT2D eigenvalue weighted by molar-refractivity contribution is 0.0434. The summed E-state index contributed by atoms with van der Waals surface area (Å²) in [6.45, 7) is -1.08. The van der Waals surface area contributed by atoms with Gasteiger partial charge in [0.25, 0.3) is 0 Å². The maximum Gasteiger partial charge on any atom is 0.488 e. The molecule has 8 heteroatoms. The van der Waals surface area contributed by atoms with Crippen molar-refractivity contribution in [2.75, 3.05) is 13.2 Å². The van der Waals surface area contributed by atoms with Crippen molar-refractivity contribution in [3.05, 3.63) is 0 Å². The molecule has 3 N–H and O–H groups in total. The first kappa shape index (κ1) is 11.3. The summed E-state index contributed by atoms with van der Waals surface area (Å²) < 4.78 is 18.0. The lowest BCUT2D eigenvalue weighted by Gasteiger charge is -2.09. The molecule has 0 spiro atoms. The lowest BCUT2D eigenvalue weighted by atomic mass is 10.4. The highest BCUT2D eigenvalue weighted by molar-refractivity contribution is 7.48. The third-order valence-corrected chi connectivity index (χ3v) is 1.90. The highest BCUT2D eigenvalue weighted by Crippen LogP contribution is 2.44. The standard InChI is InChI=1S/C3H8ClO6P/c4-10-11(7,8)9-2-3(6)1-5/h3,5-6H,1-2H2,(H,7,8). The summed E-state index contributed by atoms with van der Waals surface area (Å²) in [4.78, 5) is 8.45. The van der Waals surface area contributed by atoms with Gasteiger partial charge in [-0.15, -0.1) is 0 Å². The van der Waals surface area contributed by atoms with Crippen molar-refractivity contribution in [1.29, 1.82) is 0 Å². The van der Waals surface area contributed by atoms with Crippen LogP contribution < -0.4 is 0 Å². The molecule has 0 aliphatic heterocycles. The van der Waals surface area contributed by atoms with Gasteiger partial charge in [-0.3, -0.25) is 4.52 Å². The van der Waals surface area contributed by atoms with Gasteiger partial charge in [0.05, 0.1) is 25.1 Å². The molecule has 0 heterocycles. The molecular formula is C3H8ClO6P. The number of hydrogen-bond donors (Lipinski definition) is 3. The van der Waals surface area contributed by atoms with Crippen molar-refractivity contribution in [2.24, 2.45) is 0 Å². The second-order valence-corrected chi connectivity index (χ2v) is 3.42. The minimum atomic E-state index is -4.25. The first-order valence-corrected chi connectivity index (χ1v) is 4.39. The molecule has 0 aromatic rings. The Morgan fingerprint density at radius 3 is 2.55 bits per heavy atom. The summed E-state index contributed by atoms with van der Waals surface area (Å²) in [5.74, 6) is 0. The van der Waals surface area contributed by atoms with E-state index in [1.807, 2.05) is 0 Å². The maximum atomic E-state index is 10.4. The van der Waals surface area contributed by atoms with E-state index in [-0.39, 0.29) is 0 Å². The SMILES string of the molecule is O=P(O)(OCl)OCC(O)CO. The average molecular weight is 207 g/mol. The minimum Gasteiger partial charge on any atom is -0.394 e. The highest BCUT2D eigenvalue weighted by Gasteiger charge is 2.21. The molecule has 0 bridgehead atoms. The lowest BCUT2D eigenvalue weighted by Crippen LogP contribution is -2.18. The predicted octanol–water partition coefficient (Wildman–Crippen LogP) is -0.373. The van der Waals surface area contributed by atoms with E-state index >= 15 is 0 Å². The van der Waals surface area contributed by atoms with Crippen LogP contribution in [0.2, 0.25) is 0 Å². The second-order valence-electron chi connectivity index (χ2n) is 1.67. The molecular weight excluding hydrogens is 198 g/mol. The summed E-state index contributed by atoms with van der Waals surface area (Å²) in [5, 5.41) is 16.8. The van der Waals surface area contributed by atoms with E-state index in [0.717, 1.165) is 0 Å². The number of rotatable bonds is 5. The predicted molar refractivity (Wildman–Crippen MR) is 35.8 cm³/mol. The zero-order chi connectivity index (χ0) is 8.91. The molecule has 0 aliphatic rings. The Balaban J connectivity index is 3.61. The molecule has 68 valence electrons. The number of phosphoric acid groups is 1. The third-order valence-electron chi connectivity index (χ3n) is 0.728. The Morgan fingerprint density at radius 2 is 2.18 bits per heavy atom. The topological polar surface area (TPSA) is 96.2 Å². The van der Waals surface area contributed by atoms with Crippen molar-refractivity contribution in [3.63, 3.8) is 0 Å². The smallest absolute Gasteiger partial charge is 0.394 e. The summed E-state index contributed by atoms with van der Waals surface area (Å²) in [6, 6.07) is 0. The van der Waals surface area contributed by atoms with Crippen LogP contribution in [0.1, 0.15) is 0 Å². The van der Waals surface area contributed by atoms with Gasteiger partial charge in [0.2, 0.25) is 0 Å². The fourth-order valence-electron chi connectivity index (χ4n) is 0.253. The fourth-order valence-corrected chi connectivity index (χ4v) is 0.773. The molecule has 0 fully saturated rings. The molecule has 0 saturated carbocycles. The van der Waals surface area contributed by atoms with E-state index in [9.17, 15) is 4.57 Å². The van der Waals surface area contributed by atoms with Crippen LogP contribution in [-0.4, -0.2) is 34.4 Å². The quantitative estimate of drug-likeness (QED) is 0.531. The monoisotopic (exact) mass is 206 g/mol. The van der Waals surface area contributed by atoms with Crippen molar-refractivity contribution in [1.82, 2.24) is 0 Å². The van der Waals surface area contributed by atoms with Crippen molar-refractivity contribution in [3.8, 4) is 0 Å². The van der Waals surface area contributed by atoms with Crippen molar-refractivity contribution >= 4 is 19.7 Å². The largest absolute Gasteiger partial charge is 0.488 e. The average Bonchev–Trinajstić information content (AvgIpc) is 2.00. The zero-order valence-electron chi connectivity index (χ0n) is 5.38. The van der Waals surface area contributed by atoms with Gasteiger partial charge in [0, 0.05) is 0 Å². The summed E-state index contributed by atoms with van der Waals surface area (Å²) in [7, 11) is -4.25. The summed E-state index contributed by atoms with van der Waals surface area (Å²) in [5.41, 5.74) is 0. The Morgan fingerprint density at radius 1 is 1.64 bits per heavy atom. The Bertz CT molecular complexity index is 151. The van der Waals surface area contributed by atoms with Crippen LogP contribution >= 0.6 is 19.7 Å². The highest BCUT2D eigenvalue weighted by atomic mass is 35.5. The molecule has 6 nitrogen and oxygen atoms in total. The Hall–Kier alpha value is 0.320. The van der Waals surface area contributed by atoms with Crippen molar-refractivity contribution in [2.45, 2.75) is 6.10 Å². The Kier molecular flexibility index (Phi) is 5.20.